The minimum atomic E-state index is -0.772. The lowest BCUT2D eigenvalue weighted by Gasteiger charge is -2.01. The van der Waals surface area contributed by atoms with Crippen LogP contribution in [0.3, 0.4) is 0 Å². The number of carbonyl (C=O) groups excluding carboxylic acids is 1. The van der Waals surface area contributed by atoms with Gasteiger partial charge in [0, 0.05) is 12.8 Å². The van der Waals surface area contributed by atoms with Crippen LogP contribution in [0.1, 0.15) is 45.4 Å². The second-order valence-electron chi connectivity index (χ2n) is 3.17. The highest BCUT2D eigenvalue weighted by atomic mass is 17.2. The summed E-state index contributed by atoms with van der Waals surface area (Å²) in [6.45, 7) is 2.09. The Kier molecular flexibility index (Phi) is 8.76. The molecule has 0 spiro atoms. The summed E-state index contributed by atoms with van der Waals surface area (Å²) in [6.07, 6.45) is 3.57. The Labute approximate surface area is 89.3 Å². The van der Waals surface area contributed by atoms with E-state index in [2.05, 4.69) is 9.78 Å². The minimum absolute atomic E-state index is 0.198. The van der Waals surface area contributed by atoms with Crippen LogP contribution in [0.25, 0.3) is 0 Å². The van der Waals surface area contributed by atoms with Crippen molar-refractivity contribution in [2.45, 2.75) is 45.4 Å². The van der Waals surface area contributed by atoms with E-state index in [1.165, 1.54) is 0 Å². The van der Waals surface area contributed by atoms with Crippen LogP contribution in [-0.2, 0) is 19.4 Å². The number of rotatable bonds is 9. The number of carboxylic acids is 1. The zero-order valence-corrected chi connectivity index (χ0v) is 9.03. The standard InChI is InChI=1S/C10H18O5/c1-2-14-15-10(13)8-6-4-3-5-7-9(11)12/h2-8H2,1H3,(H,11,12). The zero-order valence-electron chi connectivity index (χ0n) is 9.03. The molecule has 0 saturated carbocycles. The fourth-order valence-corrected chi connectivity index (χ4v) is 1.07. The molecule has 0 saturated heterocycles. The van der Waals surface area contributed by atoms with E-state index in [0.29, 0.717) is 25.9 Å². The Balaban J connectivity index is 3.16. The number of carbonyl (C=O) groups is 2. The summed E-state index contributed by atoms with van der Waals surface area (Å²) in [5, 5.41) is 8.36. The largest absolute Gasteiger partial charge is 0.481 e. The van der Waals surface area contributed by atoms with Crippen molar-refractivity contribution in [2.24, 2.45) is 0 Å². The predicted octanol–water partition coefficient (Wildman–Crippen LogP) is 1.91. The number of hydrogen-bond donors (Lipinski definition) is 1. The van der Waals surface area contributed by atoms with Gasteiger partial charge in [-0.05, 0) is 19.8 Å². The molecule has 0 rings (SSSR count). The first-order valence-corrected chi connectivity index (χ1v) is 5.21. The molecule has 5 heteroatoms. The highest BCUT2D eigenvalue weighted by molar-refractivity contribution is 5.68. The van der Waals surface area contributed by atoms with E-state index in [9.17, 15) is 9.59 Å². The van der Waals surface area contributed by atoms with Gasteiger partial charge < -0.3 is 5.11 Å². The van der Waals surface area contributed by atoms with Crippen LogP contribution in [-0.4, -0.2) is 23.7 Å². The van der Waals surface area contributed by atoms with E-state index in [1.807, 2.05) is 0 Å². The van der Waals surface area contributed by atoms with Crippen LogP contribution in [0.5, 0.6) is 0 Å². The summed E-state index contributed by atoms with van der Waals surface area (Å²) in [7, 11) is 0. The summed E-state index contributed by atoms with van der Waals surface area (Å²) < 4.78 is 0. The fraction of sp³-hybridized carbons (Fsp3) is 0.800. The Hall–Kier alpha value is -1.10. The van der Waals surface area contributed by atoms with Gasteiger partial charge in [-0.2, -0.15) is 4.89 Å². The molecule has 0 aromatic carbocycles. The molecule has 0 atom stereocenters. The first-order valence-electron chi connectivity index (χ1n) is 5.21. The first kappa shape index (κ1) is 13.9. The van der Waals surface area contributed by atoms with Crippen molar-refractivity contribution in [3.63, 3.8) is 0 Å². The molecule has 0 heterocycles. The minimum Gasteiger partial charge on any atom is -0.481 e. The van der Waals surface area contributed by atoms with Gasteiger partial charge in [0.05, 0.1) is 6.61 Å². The van der Waals surface area contributed by atoms with Crippen LogP contribution in [0.2, 0.25) is 0 Å². The first-order chi connectivity index (χ1) is 7.16. The monoisotopic (exact) mass is 218 g/mol. The molecule has 88 valence electrons. The Morgan fingerprint density at radius 3 is 2.20 bits per heavy atom. The van der Waals surface area contributed by atoms with Crippen LogP contribution >= 0.6 is 0 Å². The average molecular weight is 218 g/mol. The maximum Gasteiger partial charge on any atom is 0.342 e. The SMILES string of the molecule is CCOOC(=O)CCCCCCC(=O)O. The zero-order chi connectivity index (χ0) is 11.5. The highest BCUT2D eigenvalue weighted by Crippen LogP contribution is 2.06. The summed E-state index contributed by atoms with van der Waals surface area (Å²) in [5.41, 5.74) is 0. The topological polar surface area (TPSA) is 72.8 Å². The van der Waals surface area contributed by atoms with Gasteiger partial charge in [-0.15, -0.1) is 0 Å². The van der Waals surface area contributed by atoms with Gasteiger partial charge >= 0.3 is 11.9 Å². The van der Waals surface area contributed by atoms with Crippen LogP contribution in [0.4, 0.5) is 0 Å². The molecule has 0 fully saturated rings. The number of carboxylic acid groups (broad SMARTS) is 1. The molecule has 0 aliphatic heterocycles. The molecule has 0 aromatic heterocycles. The Morgan fingerprint density at radius 1 is 1.07 bits per heavy atom. The van der Waals surface area contributed by atoms with Crippen molar-refractivity contribution in [3.8, 4) is 0 Å². The third-order valence-corrected chi connectivity index (χ3v) is 1.79. The van der Waals surface area contributed by atoms with Gasteiger partial charge in [-0.1, -0.05) is 12.8 Å². The van der Waals surface area contributed by atoms with E-state index in [1.54, 1.807) is 6.92 Å². The lowest BCUT2D eigenvalue weighted by atomic mass is 10.1. The number of aliphatic carboxylic acids is 1. The maximum absolute atomic E-state index is 10.9. The molecule has 0 unspecified atom stereocenters. The molecule has 0 aromatic rings. The van der Waals surface area contributed by atoms with Gasteiger partial charge in [-0.25, -0.2) is 4.79 Å². The van der Waals surface area contributed by atoms with E-state index in [-0.39, 0.29) is 12.4 Å². The van der Waals surface area contributed by atoms with Crippen LogP contribution < -0.4 is 0 Å². The Bertz CT molecular complexity index is 190. The van der Waals surface area contributed by atoms with Crippen molar-refractivity contribution < 1.29 is 24.5 Å². The lowest BCUT2D eigenvalue weighted by molar-refractivity contribution is -0.269. The summed E-state index contributed by atoms with van der Waals surface area (Å²) in [6, 6.07) is 0. The second-order valence-corrected chi connectivity index (χ2v) is 3.17. The third kappa shape index (κ3) is 10.8. The number of hydrogen-bond acceptors (Lipinski definition) is 4. The van der Waals surface area contributed by atoms with Gasteiger partial charge in [0.2, 0.25) is 0 Å². The molecule has 0 radical (unpaired) electrons. The number of unbranched alkanes of at least 4 members (excludes halogenated alkanes) is 3. The molecular weight excluding hydrogens is 200 g/mol. The third-order valence-electron chi connectivity index (χ3n) is 1.79. The van der Waals surface area contributed by atoms with Gasteiger partial charge in [0.15, 0.2) is 0 Å². The van der Waals surface area contributed by atoms with Crippen LogP contribution in [0.15, 0.2) is 0 Å². The van der Waals surface area contributed by atoms with Gasteiger partial charge in [0.25, 0.3) is 0 Å². The summed E-state index contributed by atoms with van der Waals surface area (Å²) in [5.74, 6) is -1.14. The molecule has 0 amide bonds. The van der Waals surface area contributed by atoms with Gasteiger partial charge in [0.1, 0.15) is 0 Å². The molecule has 0 bridgehead atoms. The van der Waals surface area contributed by atoms with Crippen molar-refractivity contribution >= 4 is 11.9 Å². The van der Waals surface area contributed by atoms with Crippen LogP contribution in [0, 0.1) is 0 Å². The van der Waals surface area contributed by atoms with Gasteiger partial charge in [-0.3, -0.25) is 9.68 Å². The van der Waals surface area contributed by atoms with E-state index >= 15 is 0 Å². The van der Waals surface area contributed by atoms with Crippen molar-refractivity contribution in [2.75, 3.05) is 6.61 Å². The molecule has 0 aliphatic rings. The van der Waals surface area contributed by atoms with Crippen molar-refractivity contribution in [1.29, 1.82) is 0 Å². The van der Waals surface area contributed by atoms with E-state index in [4.69, 9.17) is 5.11 Å². The smallest absolute Gasteiger partial charge is 0.342 e. The summed E-state index contributed by atoms with van der Waals surface area (Å²) in [4.78, 5) is 29.9. The molecule has 15 heavy (non-hydrogen) atoms. The highest BCUT2D eigenvalue weighted by Gasteiger charge is 2.03. The van der Waals surface area contributed by atoms with Crippen molar-refractivity contribution in [3.05, 3.63) is 0 Å². The average Bonchev–Trinajstić information content (AvgIpc) is 2.19. The lowest BCUT2D eigenvalue weighted by Crippen LogP contribution is -2.04. The quantitative estimate of drug-likeness (QED) is 0.363. The predicted molar refractivity (Wildman–Crippen MR) is 53.1 cm³/mol. The fourth-order valence-electron chi connectivity index (χ4n) is 1.07. The molecule has 5 nitrogen and oxygen atoms in total. The van der Waals surface area contributed by atoms with E-state index < -0.39 is 5.97 Å². The second kappa shape index (κ2) is 9.45. The summed E-state index contributed by atoms with van der Waals surface area (Å²) >= 11 is 0. The molecule has 1 N–H and O–H groups in total. The molecular formula is C10H18O5. The maximum atomic E-state index is 10.9. The Morgan fingerprint density at radius 2 is 1.67 bits per heavy atom. The normalized spacial score (nSPS) is 9.93. The van der Waals surface area contributed by atoms with Crippen molar-refractivity contribution in [1.82, 2.24) is 0 Å². The van der Waals surface area contributed by atoms with E-state index in [0.717, 1.165) is 12.8 Å². The molecule has 0 aliphatic carbocycles.